The molecule has 0 aliphatic heterocycles. The summed E-state index contributed by atoms with van der Waals surface area (Å²) in [4.78, 5) is 12.3. The van der Waals surface area contributed by atoms with E-state index in [1.165, 1.54) is 24.3 Å². The Labute approximate surface area is 139 Å². The van der Waals surface area contributed by atoms with E-state index < -0.39 is 18.2 Å². The molecule has 0 aromatic heterocycles. The maximum absolute atomic E-state index is 12.3. The zero-order chi connectivity index (χ0) is 16.2. The van der Waals surface area contributed by atoms with Gasteiger partial charge in [0, 0.05) is 12.2 Å². The lowest BCUT2D eigenvalue weighted by atomic mass is 9.85. The molecule has 1 aliphatic carbocycles. The molecule has 130 valence electrons. The van der Waals surface area contributed by atoms with Crippen molar-refractivity contribution >= 4 is 24.0 Å². The van der Waals surface area contributed by atoms with Crippen LogP contribution in [-0.4, -0.2) is 25.2 Å². The number of nitrogens with one attached hydrogen (secondary N) is 1. The fourth-order valence-corrected chi connectivity index (χ4v) is 2.64. The zero-order valence-electron chi connectivity index (χ0n) is 12.5. The van der Waals surface area contributed by atoms with Crippen molar-refractivity contribution in [2.24, 2.45) is 11.1 Å². The van der Waals surface area contributed by atoms with Crippen molar-refractivity contribution in [3.8, 4) is 5.75 Å². The highest BCUT2D eigenvalue weighted by Gasteiger charge is 2.39. The van der Waals surface area contributed by atoms with E-state index in [2.05, 4.69) is 10.1 Å². The van der Waals surface area contributed by atoms with Crippen molar-refractivity contribution < 1.29 is 22.7 Å². The molecule has 0 spiro atoms. The molecular formula is C15H20ClF3N2O2. The maximum Gasteiger partial charge on any atom is 0.422 e. The summed E-state index contributed by atoms with van der Waals surface area (Å²) in [6.07, 6.45) is -0.878. The number of hydrogen-bond acceptors (Lipinski definition) is 3. The van der Waals surface area contributed by atoms with Gasteiger partial charge in [0.1, 0.15) is 5.75 Å². The molecule has 3 N–H and O–H groups in total. The number of benzene rings is 1. The number of anilines is 1. The number of amides is 1. The molecule has 1 fully saturated rings. The van der Waals surface area contributed by atoms with Gasteiger partial charge in [0.2, 0.25) is 5.91 Å². The van der Waals surface area contributed by atoms with Crippen LogP contribution in [-0.2, 0) is 4.79 Å². The average Bonchev–Trinajstić information content (AvgIpc) is 2.96. The SMILES string of the molecule is Cl.NCC1(C(=O)Nc2ccc(OCC(F)(F)F)cc2)CCCC1. The second-order valence-electron chi connectivity index (χ2n) is 5.57. The molecule has 1 aromatic rings. The van der Waals surface area contributed by atoms with Gasteiger partial charge < -0.3 is 15.8 Å². The molecule has 0 heterocycles. The summed E-state index contributed by atoms with van der Waals surface area (Å²) in [5.41, 5.74) is 5.74. The number of carbonyl (C=O) groups is 1. The predicted molar refractivity (Wildman–Crippen MR) is 83.8 cm³/mol. The summed E-state index contributed by atoms with van der Waals surface area (Å²) in [5.74, 6) is -0.0267. The van der Waals surface area contributed by atoms with Crippen molar-refractivity contribution in [1.29, 1.82) is 0 Å². The van der Waals surface area contributed by atoms with E-state index in [0.29, 0.717) is 12.2 Å². The molecule has 1 amide bonds. The van der Waals surface area contributed by atoms with Gasteiger partial charge in [0.15, 0.2) is 6.61 Å². The topological polar surface area (TPSA) is 64.4 Å². The van der Waals surface area contributed by atoms with Crippen LogP contribution in [0.2, 0.25) is 0 Å². The molecule has 0 radical (unpaired) electrons. The molecular weight excluding hydrogens is 333 g/mol. The third-order valence-corrected chi connectivity index (χ3v) is 3.95. The second kappa shape index (κ2) is 7.88. The molecule has 1 aliphatic rings. The molecule has 0 atom stereocenters. The number of halogens is 4. The number of nitrogens with two attached hydrogens (primary N) is 1. The van der Waals surface area contributed by atoms with Crippen LogP contribution in [0.1, 0.15) is 25.7 Å². The molecule has 4 nitrogen and oxygen atoms in total. The van der Waals surface area contributed by atoms with Crippen LogP contribution in [0.3, 0.4) is 0 Å². The number of hydrogen-bond donors (Lipinski definition) is 2. The fourth-order valence-electron chi connectivity index (χ4n) is 2.64. The van der Waals surface area contributed by atoms with Crippen molar-refractivity contribution in [1.82, 2.24) is 0 Å². The molecule has 2 rings (SSSR count). The van der Waals surface area contributed by atoms with Crippen molar-refractivity contribution in [3.63, 3.8) is 0 Å². The summed E-state index contributed by atoms with van der Waals surface area (Å²) < 4.78 is 40.8. The first-order valence-electron chi connectivity index (χ1n) is 7.16. The van der Waals surface area contributed by atoms with Gasteiger partial charge in [-0.2, -0.15) is 13.2 Å². The minimum Gasteiger partial charge on any atom is -0.484 e. The Kier molecular flexibility index (Phi) is 6.70. The van der Waals surface area contributed by atoms with Crippen molar-refractivity contribution in [2.45, 2.75) is 31.9 Å². The van der Waals surface area contributed by atoms with Crippen LogP contribution in [0, 0.1) is 5.41 Å². The fraction of sp³-hybridized carbons (Fsp3) is 0.533. The van der Waals surface area contributed by atoms with Crippen LogP contribution in [0.5, 0.6) is 5.75 Å². The smallest absolute Gasteiger partial charge is 0.422 e. The summed E-state index contributed by atoms with van der Waals surface area (Å²) in [6, 6.07) is 5.82. The lowest BCUT2D eigenvalue weighted by Crippen LogP contribution is -2.40. The second-order valence-corrected chi connectivity index (χ2v) is 5.57. The lowest BCUT2D eigenvalue weighted by Gasteiger charge is -2.25. The van der Waals surface area contributed by atoms with E-state index in [1.807, 2.05) is 0 Å². The van der Waals surface area contributed by atoms with Crippen molar-refractivity contribution in [2.75, 3.05) is 18.5 Å². The molecule has 0 saturated heterocycles. The van der Waals surface area contributed by atoms with E-state index in [9.17, 15) is 18.0 Å². The predicted octanol–water partition coefficient (Wildman–Crippen LogP) is 3.51. The number of ether oxygens (including phenoxy) is 1. The number of alkyl halides is 3. The summed E-state index contributed by atoms with van der Waals surface area (Å²) >= 11 is 0. The van der Waals surface area contributed by atoms with Gasteiger partial charge in [-0.15, -0.1) is 12.4 Å². The Morgan fingerprint density at radius 2 is 1.78 bits per heavy atom. The van der Waals surface area contributed by atoms with E-state index >= 15 is 0 Å². The quantitative estimate of drug-likeness (QED) is 0.852. The Bertz CT molecular complexity index is 514. The normalized spacial score (nSPS) is 16.5. The average molecular weight is 353 g/mol. The van der Waals surface area contributed by atoms with Gasteiger partial charge >= 0.3 is 6.18 Å². The largest absolute Gasteiger partial charge is 0.484 e. The Morgan fingerprint density at radius 3 is 2.26 bits per heavy atom. The van der Waals surface area contributed by atoms with E-state index in [1.54, 1.807) is 0 Å². The summed E-state index contributed by atoms with van der Waals surface area (Å²) in [7, 11) is 0. The van der Waals surface area contributed by atoms with E-state index in [4.69, 9.17) is 5.73 Å². The minimum atomic E-state index is -4.37. The number of carbonyl (C=O) groups excluding carboxylic acids is 1. The molecule has 23 heavy (non-hydrogen) atoms. The molecule has 1 saturated carbocycles. The van der Waals surface area contributed by atoms with Gasteiger partial charge in [0.25, 0.3) is 0 Å². The highest BCUT2D eigenvalue weighted by molar-refractivity contribution is 5.95. The standard InChI is InChI=1S/C15H19F3N2O2.ClH/c16-15(17,18)10-22-12-5-3-11(4-6-12)20-13(21)14(9-19)7-1-2-8-14;/h3-6H,1-2,7-10,19H2,(H,20,21);1H. The van der Waals surface area contributed by atoms with Gasteiger partial charge in [-0.05, 0) is 37.1 Å². The number of rotatable bonds is 5. The Morgan fingerprint density at radius 1 is 1.22 bits per heavy atom. The van der Waals surface area contributed by atoms with Crippen LogP contribution < -0.4 is 15.8 Å². The first kappa shape index (κ1) is 19.6. The van der Waals surface area contributed by atoms with E-state index in [-0.39, 0.29) is 24.1 Å². The molecule has 1 aromatic carbocycles. The third-order valence-electron chi connectivity index (χ3n) is 3.95. The minimum absolute atomic E-state index is 0. The van der Waals surface area contributed by atoms with Crippen LogP contribution in [0.25, 0.3) is 0 Å². The molecule has 0 unspecified atom stereocenters. The first-order valence-corrected chi connectivity index (χ1v) is 7.16. The summed E-state index contributed by atoms with van der Waals surface area (Å²) in [5, 5.41) is 2.78. The zero-order valence-corrected chi connectivity index (χ0v) is 13.3. The molecule has 0 bridgehead atoms. The third kappa shape index (κ3) is 5.28. The van der Waals surface area contributed by atoms with Gasteiger partial charge in [0.05, 0.1) is 5.41 Å². The first-order chi connectivity index (χ1) is 10.3. The molecule has 8 heteroatoms. The van der Waals surface area contributed by atoms with E-state index in [0.717, 1.165) is 25.7 Å². The van der Waals surface area contributed by atoms with Crippen LogP contribution in [0.4, 0.5) is 18.9 Å². The maximum atomic E-state index is 12.3. The van der Waals surface area contributed by atoms with Crippen molar-refractivity contribution in [3.05, 3.63) is 24.3 Å². The lowest BCUT2D eigenvalue weighted by molar-refractivity contribution is -0.153. The highest BCUT2D eigenvalue weighted by atomic mass is 35.5. The Hall–Kier alpha value is -1.47. The van der Waals surface area contributed by atoms with Crippen LogP contribution in [0.15, 0.2) is 24.3 Å². The summed E-state index contributed by atoms with van der Waals surface area (Å²) in [6.45, 7) is -1.04. The Balaban J connectivity index is 0.00000264. The van der Waals surface area contributed by atoms with Gasteiger partial charge in [-0.3, -0.25) is 4.79 Å². The van der Waals surface area contributed by atoms with Gasteiger partial charge in [-0.1, -0.05) is 12.8 Å². The van der Waals surface area contributed by atoms with Crippen LogP contribution >= 0.6 is 12.4 Å². The highest BCUT2D eigenvalue weighted by Crippen LogP contribution is 2.38. The monoisotopic (exact) mass is 352 g/mol. The van der Waals surface area contributed by atoms with Gasteiger partial charge in [-0.25, -0.2) is 0 Å².